The zero-order valence-electron chi connectivity index (χ0n) is 14.9. The maximum atomic E-state index is 12.0. The van der Waals surface area contributed by atoms with Crippen molar-refractivity contribution in [3.8, 4) is 0 Å². The first-order valence-electron chi connectivity index (χ1n) is 8.17. The quantitative estimate of drug-likeness (QED) is 0.511. The van der Waals surface area contributed by atoms with Crippen molar-refractivity contribution >= 4 is 11.9 Å². The Kier molecular flexibility index (Phi) is 8.55. The minimum Gasteiger partial charge on any atom is -0.462 e. The van der Waals surface area contributed by atoms with Crippen LogP contribution in [0.4, 0.5) is 0 Å². The van der Waals surface area contributed by atoms with Crippen LogP contribution >= 0.6 is 0 Å². The Morgan fingerprint density at radius 1 is 0.917 bits per heavy atom. The molecule has 1 rings (SSSR count). The Hall–Kier alpha value is -2.36. The van der Waals surface area contributed by atoms with Crippen molar-refractivity contribution in [2.45, 2.75) is 40.5 Å². The second-order valence-electron chi connectivity index (χ2n) is 5.77. The van der Waals surface area contributed by atoms with Gasteiger partial charge in [0, 0.05) is 0 Å². The molecule has 0 radical (unpaired) electrons. The van der Waals surface area contributed by atoms with Gasteiger partial charge in [-0.25, -0.2) is 9.59 Å². The summed E-state index contributed by atoms with van der Waals surface area (Å²) in [6.07, 6.45) is 6.06. The fourth-order valence-corrected chi connectivity index (χ4v) is 1.99. The highest BCUT2D eigenvalue weighted by molar-refractivity contribution is 5.93. The highest BCUT2D eigenvalue weighted by Crippen LogP contribution is 2.09. The van der Waals surface area contributed by atoms with Crippen LogP contribution < -0.4 is 0 Å². The lowest BCUT2D eigenvalue weighted by molar-refractivity contribution is 0.0519. The standard InChI is InChI=1S/C20H26O4/c1-5-23-19(21)17-9-11-18(12-10-17)20(22)24-14-13-16(4)8-6-7-15(2)3/h7,9-13H,5-6,8,14H2,1-4H3/b16-13+. The number of carbonyl (C=O) groups excluding carboxylic acids is 2. The predicted octanol–water partition coefficient (Wildman–Crippen LogP) is 4.71. The van der Waals surface area contributed by atoms with Crippen LogP contribution in [-0.2, 0) is 9.47 Å². The average Bonchev–Trinajstić information content (AvgIpc) is 2.54. The number of carbonyl (C=O) groups is 2. The third-order valence-electron chi connectivity index (χ3n) is 3.37. The van der Waals surface area contributed by atoms with Crippen molar-refractivity contribution in [2.24, 2.45) is 0 Å². The molecule has 0 fully saturated rings. The van der Waals surface area contributed by atoms with Crippen molar-refractivity contribution in [1.82, 2.24) is 0 Å². The summed E-state index contributed by atoms with van der Waals surface area (Å²) < 4.78 is 10.1. The van der Waals surface area contributed by atoms with Crippen molar-refractivity contribution < 1.29 is 19.1 Å². The number of hydrogen-bond donors (Lipinski definition) is 0. The molecule has 4 nitrogen and oxygen atoms in total. The van der Waals surface area contributed by atoms with Crippen LogP contribution in [0.15, 0.2) is 47.6 Å². The normalized spacial score (nSPS) is 10.9. The van der Waals surface area contributed by atoms with E-state index in [1.165, 1.54) is 11.1 Å². The molecule has 130 valence electrons. The van der Waals surface area contributed by atoms with E-state index in [-0.39, 0.29) is 6.61 Å². The monoisotopic (exact) mass is 330 g/mol. The summed E-state index contributed by atoms with van der Waals surface area (Å²) in [4.78, 5) is 23.5. The fraction of sp³-hybridized carbons (Fsp3) is 0.400. The molecule has 0 aliphatic carbocycles. The molecular formula is C20H26O4. The van der Waals surface area contributed by atoms with Crippen LogP contribution in [-0.4, -0.2) is 25.2 Å². The Morgan fingerprint density at radius 3 is 1.96 bits per heavy atom. The Labute approximate surface area is 144 Å². The molecule has 0 atom stereocenters. The zero-order chi connectivity index (χ0) is 17.9. The maximum absolute atomic E-state index is 12.0. The van der Waals surface area contributed by atoms with E-state index in [1.54, 1.807) is 31.2 Å². The van der Waals surface area contributed by atoms with Gasteiger partial charge >= 0.3 is 11.9 Å². The highest BCUT2D eigenvalue weighted by Gasteiger charge is 2.10. The summed E-state index contributed by atoms with van der Waals surface area (Å²) in [5.74, 6) is -0.800. The van der Waals surface area contributed by atoms with Crippen LogP contribution in [0.25, 0.3) is 0 Å². The van der Waals surface area contributed by atoms with Gasteiger partial charge in [-0.05, 0) is 70.9 Å². The SMILES string of the molecule is CCOC(=O)c1ccc(C(=O)OC/C=C(\C)CCC=C(C)C)cc1. The summed E-state index contributed by atoms with van der Waals surface area (Å²) in [6.45, 7) is 8.50. The summed E-state index contributed by atoms with van der Waals surface area (Å²) in [5.41, 5.74) is 3.33. The second kappa shape index (κ2) is 10.4. The number of allylic oxidation sites excluding steroid dienone is 3. The Morgan fingerprint density at radius 2 is 1.46 bits per heavy atom. The lowest BCUT2D eigenvalue weighted by Gasteiger charge is -2.05. The van der Waals surface area contributed by atoms with Gasteiger partial charge in [0.1, 0.15) is 6.61 Å². The van der Waals surface area contributed by atoms with Crippen LogP contribution in [0, 0.1) is 0 Å². The van der Waals surface area contributed by atoms with Gasteiger partial charge in [0.05, 0.1) is 17.7 Å². The molecule has 0 aliphatic rings. The van der Waals surface area contributed by atoms with Crippen molar-refractivity contribution in [1.29, 1.82) is 0 Å². The lowest BCUT2D eigenvalue weighted by Crippen LogP contribution is -2.08. The van der Waals surface area contributed by atoms with E-state index in [9.17, 15) is 9.59 Å². The topological polar surface area (TPSA) is 52.6 Å². The van der Waals surface area contributed by atoms with Crippen molar-refractivity contribution in [2.75, 3.05) is 13.2 Å². The van der Waals surface area contributed by atoms with Gasteiger partial charge in [-0.1, -0.05) is 17.2 Å². The first kappa shape index (κ1) is 19.7. The molecule has 4 heteroatoms. The Balaban J connectivity index is 2.47. The molecule has 1 aromatic rings. The number of hydrogen-bond acceptors (Lipinski definition) is 4. The van der Waals surface area contributed by atoms with Gasteiger partial charge in [-0.15, -0.1) is 0 Å². The van der Waals surface area contributed by atoms with E-state index in [1.807, 2.05) is 13.0 Å². The van der Waals surface area contributed by atoms with Gasteiger partial charge in [-0.3, -0.25) is 0 Å². The maximum Gasteiger partial charge on any atom is 0.338 e. The van der Waals surface area contributed by atoms with E-state index in [0.717, 1.165) is 12.8 Å². The van der Waals surface area contributed by atoms with Gasteiger partial charge in [0.2, 0.25) is 0 Å². The van der Waals surface area contributed by atoms with Gasteiger partial charge in [0.15, 0.2) is 0 Å². The third-order valence-corrected chi connectivity index (χ3v) is 3.37. The van der Waals surface area contributed by atoms with E-state index in [4.69, 9.17) is 9.47 Å². The van der Waals surface area contributed by atoms with Crippen LogP contribution in [0.5, 0.6) is 0 Å². The second-order valence-corrected chi connectivity index (χ2v) is 5.77. The molecule has 0 saturated carbocycles. The minimum absolute atomic E-state index is 0.249. The predicted molar refractivity (Wildman–Crippen MR) is 95.1 cm³/mol. The summed E-state index contributed by atoms with van der Waals surface area (Å²) in [6, 6.07) is 6.27. The van der Waals surface area contributed by atoms with Crippen LogP contribution in [0.3, 0.4) is 0 Å². The summed E-state index contributed by atoms with van der Waals surface area (Å²) in [5, 5.41) is 0. The van der Waals surface area contributed by atoms with Crippen LogP contribution in [0.2, 0.25) is 0 Å². The molecule has 0 saturated heterocycles. The molecule has 1 aromatic carbocycles. The van der Waals surface area contributed by atoms with Gasteiger partial charge in [-0.2, -0.15) is 0 Å². The molecule has 0 bridgehead atoms. The van der Waals surface area contributed by atoms with E-state index < -0.39 is 11.9 Å². The van der Waals surface area contributed by atoms with E-state index in [2.05, 4.69) is 19.9 Å². The average molecular weight is 330 g/mol. The van der Waals surface area contributed by atoms with Gasteiger partial charge < -0.3 is 9.47 Å². The summed E-state index contributed by atoms with van der Waals surface area (Å²) in [7, 11) is 0. The fourth-order valence-electron chi connectivity index (χ4n) is 1.99. The third kappa shape index (κ3) is 7.27. The van der Waals surface area contributed by atoms with Crippen LogP contribution in [0.1, 0.15) is 61.3 Å². The lowest BCUT2D eigenvalue weighted by atomic mass is 10.1. The molecule has 0 aliphatic heterocycles. The minimum atomic E-state index is -0.404. The van der Waals surface area contributed by atoms with E-state index >= 15 is 0 Å². The molecule has 0 aromatic heterocycles. The number of rotatable bonds is 8. The molecular weight excluding hydrogens is 304 g/mol. The molecule has 0 N–H and O–H groups in total. The first-order chi connectivity index (χ1) is 11.4. The summed E-state index contributed by atoms with van der Waals surface area (Å²) >= 11 is 0. The van der Waals surface area contributed by atoms with Gasteiger partial charge in [0.25, 0.3) is 0 Å². The van der Waals surface area contributed by atoms with Crippen molar-refractivity contribution in [3.05, 3.63) is 58.7 Å². The highest BCUT2D eigenvalue weighted by atomic mass is 16.5. The van der Waals surface area contributed by atoms with Crippen molar-refractivity contribution in [3.63, 3.8) is 0 Å². The zero-order valence-corrected chi connectivity index (χ0v) is 14.9. The number of esters is 2. The molecule has 0 amide bonds. The smallest absolute Gasteiger partial charge is 0.338 e. The largest absolute Gasteiger partial charge is 0.462 e. The number of benzene rings is 1. The molecule has 24 heavy (non-hydrogen) atoms. The molecule has 0 unspecified atom stereocenters. The Bertz CT molecular complexity index is 605. The van der Waals surface area contributed by atoms with E-state index in [0.29, 0.717) is 17.7 Å². The molecule has 0 spiro atoms. The first-order valence-corrected chi connectivity index (χ1v) is 8.17. The molecule has 0 heterocycles. The number of ether oxygens (including phenoxy) is 2.